The molecule has 2 aromatic heterocycles. The van der Waals surface area contributed by atoms with E-state index >= 15 is 0 Å². The number of nitrogens with zero attached hydrogens (tertiary/aromatic N) is 5. The van der Waals surface area contributed by atoms with Crippen LogP contribution in [0.15, 0.2) is 30.5 Å². The molecule has 2 aliphatic rings. The number of halogens is 1. The van der Waals surface area contributed by atoms with Crippen LogP contribution in [0.25, 0.3) is 0 Å². The van der Waals surface area contributed by atoms with Crippen molar-refractivity contribution in [3.05, 3.63) is 63.7 Å². The zero-order valence-electron chi connectivity index (χ0n) is 15.6. The second-order valence-electron chi connectivity index (χ2n) is 7.65. The van der Waals surface area contributed by atoms with Crippen LogP contribution in [0.3, 0.4) is 0 Å². The molecule has 1 amide bonds. The van der Waals surface area contributed by atoms with Crippen LogP contribution >= 0.6 is 11.6 Å². The molecule has 3 aromatic rings. The summed E-state index contributed by atoms with van der Waals surface area (Å²) in [5, 5.41) is 16.1. The Bertz CT molecular complexity index is 1020. The van der Waals surface area contributed by atoms with Crippen LogP contribution in [0.2, 0.25) is 5.02 Å². The molecule has 144 valence electrons. The van der Waals surface area contributed by atoms with E-state index < -0.39 is 0 Å². The van der Waals surface area contributed by atoms with E-state index in [1.165, 1.54) is 0 Å². The SMILES string of the molecule is Cn1ncc(Cl)c1C[C@@H]1c2ccccc2C(=O)N1C[C@H]1CCc2n[nH]nc2C1. The number of aromatic amines is 1. The third-order valence-electron chi connectivity index (χ3n) is 6.01. The fourth-order valence-corrected chi connectivity index (χ4v) is 4.76. The van der Waals surface area contributed by atoms with Crippen LogP contribution in [0.5, 0.6) is 0 Å². The minimum atomic E-state index is -0.0321. The first kappa shape index (κ1) is 17.4. The molecule has 0 radical (unpaired) electrons. The number of aromatic nitrogens is 5. The molecular weight excluding hydrogens is 376 g/mol. The number of nitrogens with one attached hydrogen (secondary N) is 1. The molecule has 3 heterocycles. The Morgan fingerprint density at radius 3 is 2.89 bits per heavy atom. The summed E-state index contributed by atoms with van der Waals surface area (Å²) >= 11 is 6.36. The largest absolute Gasteiger partial charge is 0.331 e. The van der Waals surface area contributed by atoms with E-state index in [0.717, 1.165) is 47.5 Å². The van der Waals surface area contributed by atoms with Gasteiger partial charge in [-0.3, -0.25) is 9.48 Å². The Kier molecular flexibility index (Phi) is 4.19. The molecule has 2 atom stereocenters. The van der Waals surface area contributed by atoms with E-state index in [1.54, 1.807) is 10.9 Å². The first-order valence-electron chi connectivity index (χ1n) is 9.56. The lowest BCUT2D eigenvalue weighted by Crippen LogP contribution is -2.36. The van der Waals surface area contributed by atoms with Crippen molar-refractivity contribution in [1.29, 1.82) is 0 Å². The van der Waals surface area contributed by atoms with Gasteiger partial charge in [-0.1, -0.05) is 29.8 Å². The first-order chi connectivity index (χ1) is 13.6. The minimum absolute atomic E-state index is 0.0321. The predicted octanol–water partition coefficient (Wildman–Crippen LogP) is 2.74. The molecule has 0 fully saturated rings. The average molecular weight is 397 g/mol. The fourth-order valence-electron chi connectivity index (χ4n) is 4.51. The number of hydrogen-bond donors (Lipinski definition) is 1. The summed E-state index contributed by atoms with van der Waals surface area (Å²) in [6.45, 7) is 0.708. The summed E-state index contributed by atoms with van der Waals surface area (Å²) in [5.41, 5.74) is 4.91. The fraction of sp³-hybridized carbons (Fsp3) is 0.400. The molecule has 1 aromatic carbocycles. The Hall–Kier alpha value is -2.67. The summed E-state index contributed by atoms with van der Waals surface area (Å²) in [6.07, 6.45) is 5.09. The van der Waals surface area contributed by atoms with E-state index in [2.05, 4.69) is 26.6 Å². The van der Waals surface area contributed by atoms with Crippen molar-refractivity contribution in [1.82, 2.24) is 30.1 Å². The summed E-state index contributed by atoms with van der Waals surface area (Å²) in [6, 6.07) is 7.87. The number of rotatable bonds is 4. The summed E-state index contributed by atoms with van der Waals surface area (Å²) in [4.78, 5) is 15.2. The maximum Gasteiger partial charge on any atom is 0.254 e. The Morgan fingerprint density at radius 2 is 2.07 bits per heavy atom. The predicted molar refractivity (Wildman–Crippen MR) is 104 cm³/mol. The number of fused-ring (bicyclic) bond motifs is 2. The molecule has 0 bridgehead atoms. The molecule has 28 heavy (non-hydrogen) atoms. The summed E-state index contributed by atoms with van der Waals surface area (Å²) in [5.74, 6) is 0.477. The van der Waals surface area contributed by atoms with Crippen molar-refractivity contribution in [3.63, 3.8) is 0 Å². The molecule has 0 unspecified atom stereocenters. The number of H-pyrrole nitrogens is 1. The highest BCUT2D eigenvalue weighted by Crippen LogP contribution is 2.38. The third-order valence-corrected chi connectivity index (χ3v) is 6.33. The van der Waals surface area contributed by atoms with E-state index in [4.69, 9.17) is 11.6 Å². The molecular formula is C20H21ClN6O. The van der Waals surface area contributed by atoms with Gasteiger partial charge in [0.25, 0.3) is 5.91 Å². The number of hydrogen-bond acceptors (Lipinski definition) is 4. The quantitative estimate of drug-likeness (QED) is 0.735. The van der Waals surface area contributed by atoms with Crippen LogP contribution in [0.1, 0.15) is 45.5 Å². The van der Waals surface area contributed by atoms with Crippen LogP contribution in [0, 0.1) is 5.92 Å². The Balaban J connectivity index is 1.44. The molecule has 0 spiro atoms. The normalized spacial score (nSPS) is 21.1. The van der Waals surface area contributed by atoms with Crippen molar-refractivity contribution in [2.75, 3.05) is 6.54 Å². The Morgan fingerprint density at radius 1 is 1.25 bits per heavy atom. The molecule has 0 saturated carbocycles. The zero-order chi connectivity index (χ0) is 19.3. The number of aryl methyl sites for hydroxylation is 2. The van der Waals surface area contributed by atoms with Crippen LogP contribution < -0.4 is 0 Å². The van der Waals surface area contributed by atoms with Crippen molar-refractivity contribution in [2.45, 2.75) is 31.7 Å². The molecule has 8 heteroatoms. The van der Waals surface area contributed by atoms with Crippen molar-refractivity contribution >= 4 is 17.5 Å². The van der Waals surface area contributed by atoms with Gasteiger partial charge in [-0.05, 0) is 36.8 Å². The minimum Gasteiger partial charge on any atom is -0.331 e. The maximum absolute atomic E-state index is 13.2. The van der Waals surface area contributed by atoms with Gasteiger partial charge in [-0.15, -0.1) is 0 Å². The van der Waals surface area contributed by atoms with Gasteiger partial charge in [0.1, 0.15) is 0 Å². The van der Waals surface area contributed by atoms with Crippen molar-refractivity contribution < 1.29 is 4.79 Å². The number of benzene rings is 1. The lowest BCUT2D eigenvalue weighted by Gasteiger charge is -2.31. The Labute approximate surface area is 167 Å². The van der Waals surface area contributed by atoms with Gasteiger partial charge in [-0.25, -0.2) is 0 Å². The number of carbonyl (C=O) groups excluding carboxylic acids is 1. The van der Waals surface area contributed by atoms with Gasteiger partial charge in [-0.2, -0.15) is 20.5 Å². The van der Waals surface area contributed by atoms with Crippen molar-refractivity contribution in [3.8, 4) is 0 Å². The smallest absolute Gasteiger partial charge is 0.254 e. The van der Waals surface area contributed by atoms with Crippen molar-refractivity contribution in [2.24, 2.45) is 13.0 Å². The van der Waals surface area contributed by atoms with Gasteiger partial charge in [0, 0.05) is 25.6 Å². The molecule has 7 nitrogen and oxygen atoms in total. The highest BCUT2D eigenvalue weighted by molar-refractivity contribution is 6.31. The van der Waals surface area contributed by atoms with Crippen LogP contribution in [-0.2, 0) is 26.3 Å². The van der Waals surface area contributed by atoms with Crippen LogP contribution in [0.4, 0.5) is 0 Å². The van der Waals surface area contributed by atoms with E-state index in [0.29, 0.717) is 23.9 Å². The molecule has 1 N–H and O–H groups in total. The summed E-state index contributed by atoms with van der Waals surface area (Å²) in [7, 11) is 1.89. The monoisotopic (exact) mass is 396 g/mol. The lowest BCUT2D eigenvalue weighted by molar-refractivity contribution is 0.0681. The standard InChI is InChI=1S/C20H21ClN6O/c1-26-19(15(21)10-22-26)9-18-13-4-2-3-5-14(13)20(28)27(18)11-12-6-7-16-17(8-12)24-25-23-16/h2-5,10,12,18H,6-9,11H2,1H3,(H,23,24,25)/t12-,18+/m0/s1. The third kappa shape index (κ3) is 2.81. The average Bonchev–Trinajstić information content (AvgIpc) is 3.37. The van der Waals surface area contributed by atoms with Gasteiger partial charge in [0.15, 0.2) is 0 Å². The number of amides is 1. The topological polar surface area (TPSA) is 79.7 Å². The first-order valence-corrected chi connectivity index (χ1v) is 9.94. The van der Waals surface area contributed by atoms with E-state index in [1.807, 2.05) is 30.1 Å². The lowest BCUT2D eigenvalue weighted by atomic mass is 9.89. The second-order valence-corrected chi connectivity index (χ2v) is 8.06. The molecule has 1 aliphatic heterocycles. The van der Waals surface area contributed by atoms with E-state index in [9.17, 15) is 4.79 Å². The van der Waals surface area contributed by atoms with Gasteiger partial charge in [0.05, 0.1) is 34.3 Å². The maximum atomic E-state index is 13.2. The van der Waals surface area contributed by atoms with Crippen LogP contribution in [-0.4, -0.2) is 42.5 Å². The highest BCUT2D eigenvalue weighted by atomic mass is 35.5. The second kappa shape index (κ2) is 6.74. The van der Waals surface area contributed by atoms with Gasteiger partial charge in [0.2, 0.25) is 0 Å². The molecule has 0 saturated heterocycles. The molecule has 1 aliphatic carbocycles. The number of carbonyl (C=O) groups is 1. The van der Waals surface area contributed by atoms with E-state index in [-0.39, 0.29) is 11.9 Å². The van der Waals surface area contributed by atoms with Gasteiger partial charge < -0.3 is 4.90 Å². The zero-order valence-corrected chi connectivity index (χ0v) is 16.4. The highest BCUT2D eigenvalue weighted by Gasteiger charge is 2.39. The van der Waals surface area contributed by atoms with Gasteiger partial charge >= 0.3 is 0 Å². The molecule has 5 rings (SSSR count). The summed E-state index contributed by atoms with van der Waals surface area (Å²) < 4.78 is 1.80.